The van der Waals surface area contributed by atoms with Crippen LogP contribution in [0.5, 0.6) is 5.75 Å². The lowest BCUT2D eigenvalue weighted by atomic mass is 10.1. The maximum atomic E-state index is 5.68. The maximum absolute atomic E-state index is 5.68. The number of nitrogens with zero attached hydrogens (tertiary/aromatic N) is 1. The van der Waals surface area contributed by atoms with Gasteiger partial charge in [0.2, 0.25) is 0 Å². The summed E-state index contributed by atoms with van der Waals surface area (Å²) < 4.78 is 5.68. The van der Waals surface area contributed by atoms with Gasteiger partial charge in [-0.05, 0) is 32.0 Å². The Kier molecular flexibility index (Phi) is 10.1. The van der Waals surface area contributed by atoms with Crippen molar-refractivity contribution in [1.82, 2.24) is 4.90 Å². The topological polar surface area (TPSA) is 38.5 Å². The quantitative estimate of drug-likeness (QED) is 0.909. The van der Waals surface area contributed by atoms with Crippen LogP contribution in [0.15, 0.2) is 24.3 Å². The molecule has 0 unspecified atom stereocenters. The second kappa shape index (κ2) is 10.3. The van der Waals surface area contributed by atoms with E-state index in [0.29, 0.717) is 13.2 Å². The lowest BCUT2D eigenvalue weighted by Crippen LogP contribution is -2.29. The zero-order chi connectivity index (χ0) is 11.9. The second-order valence-electron chi connectivity index (χ2n) is 4.58. The van der Waals surface area contributed by atoms with Crippen LogP contribution in [0, 0.1) is 0 Å². The van der Waals surface area contributed by atoms with E-state index in [1.165, 1.54) is 37.9 Å². The highest BCUT2D eigenvalue weighted by Crippen LogP contribution is 2.21. The molecule has 0 amide bonds. The molecule has 0 aliphatic carbocycles. The summed E-state index contributed by atoms with van der Waals surface area (Å²) in [4.78, 5) is 2.51. The van der Waals surface area contributed by atoms with Crippen LogP contribution in [-0.4, -0.2) is 31.1 Å². The summed E-state index contributed by atoms with van der Waals surface area (Å²) in [6.07, 6.45) is 4.03. The Labute approximate surface area is 128 Å². The minimum absolute atomic E-state index is 0. The number of ether oxygens (including phenoxy) is 1. The molecule has 19 heavy (non-hydrogen) atoms. The molecule has 1 aliphatic rings. The van der Waals surface area contributed by atoms with Crippen molar-refractivity contribution in [3.63, 3.8) is 0 Å². The highest BCUT2D eigenvalue weighted by Gasteiger charge is 2.12. The Morgan fingerprint density at radius 3 is 2.42 bits per heavy atom. The van der Waals surface area contributed by atoms with Crippen molar-refractivity contribution in [2.45, 2.75) is 25.8 Å². The van der Waals surface area contributed by atoms with E-state index >= 15 is 0 Å². The van der Waals surface area contributed by atoms with Gasteiger partial charge in [0.25, 0.3) is 0 Å². The smallest absolute Gasteiger partial charge is 0.123 e. The van der Waals surface area contributed by atoms with E-state index in [1.54, 1.807) is 0 Å². The van der Waals surface area contributed by atoms with E-state index in [2.05, 4.69) is 17.0 Å². The fourth-order valence-corrected chi connectivity index (χ4v) is 2.30. The summed E-state index contributed by atoms with van der Waals surface area (Å²) in [6, 6.07) is 8.29. The zero-order valence-electron chi connectivity index (χ0n) is 11.2. The molecule has 2 rings (SSSR count). The second-order valence-corrected chi connectivity index (χ2v) is 4.58. The Morgan fingerprint density at radius 1 is 1.05 bits per heavy atom. The third kappa shape index (κ3) is 6.00. The van der Waals surface area contributed by atoms with E-state index < -0.39 is 0 Å². The molecule has 1 aromatic rings. The summed E-state index contributed by atoms with van der Waals surface area (Å²) in [5.41, 5.74) is 6.76. The number of hydrogen-bond acceptors (Lipinski definition) is 3. The molecule has 3 nitrogen and oxygen atoms in total. The van der Waals surface area contributed by atoms with E-state index in [9.17, 15) is 0 Å². The van der Waals surface area contributed by atoms with Crippen molar-refractivity contribution in [2.75, 3.05) is 26.2 Å². The van der Waals surface area contributed by atoms with Crippen molar-refractivity contribution < 1.29 is 4.74 Å². The number of nitrogens with two attached hydrogens (primary N) is 1. The number of halogens is 2. The van der Waals surface area contributed by atoms with Gasteiger partial charge in [0.15, 0.2) is 0 Å². The molecular formula is C14H24Cl2N2O. The Hall–Kier alpha value is -0.480. The van der Waals surface area contributed by atoms with Gasteiger partial charge >= 0.3 is 0 Å². The van der Waals surface area contributed by atoms with Gasteiger partial charge in [0.1, 0.15) is 12.4 Å². The fraction of sp³-hybridized carbons (Fsp3) is 0.571. The van der Waals surface area contributed by atoms with Crippen molar-refractivity contribution in [2.24, 2.45) is 5.73 Å². The standard InChI is InChI=1S/C14H22N2O.2ClH/c15-8-11-17-14-7-3-2-6-13(14)12-16-9-4-1-5-10-16;;/h2-3,6-7H,1,4-5,8-12,15H2;2*1H. The van der Waals surface area contributed by atoms with Crippen molar-refractivity contribution in [1.29, 1.82) is 0 Å². The van der Waals surface area contributed by atoms with Crippen molar-refractivity contribution >= 4 is 24.8 Å². The van der Waals surface area contributed by atoms with Crippen LogP contribution in [0.4, 0.5) is 0 Å². The SMILES string of the molecule is Cl.Cl.NCCOc1ccccc1CN1CCCCC1. The molecule has 110 valence electrons. The summed E-state index contributed by atoms with van der Waals surface area (Å²) >= 11 is 0. The Balaban J connectivity index is 0.00000162. The average Bonchev–Trinajstić information content (AvgIpc) is 2.39. The molecule has 1 heterocycles. The molecule has 0 aromatic heterocycles. The third-order valence-corrected chi connectivity index (χ3v) is 3.19. The highest BCUT2D eigenvalue weighted by atomic mass is 35.5. The van der Waals surface area contributed by atoms with Crippen molar-refractivity contribution in [3.8, 4) is 5.75 Å². The first kappa shape index (κ1) is 18.5. The predicted molar refractivity (Wildman–Crippen MR) is 84.6 cm³/mol. The number of benzene rings is 1. The van der Waals surface area contributed by atoms with Crippen LogP contribution >= 0.6 is 24.8 Å². The molecule has 0 radical (unpaired) electrons. The molecular weight excluding hydrogens is 283 g/mol. The van der Waals surface area contributed by atoms with Gasteiger partial charge in [0, 0.05) is 18.7 Å². The maximum Gasteiger partial charge on any atom is 0.123 e. The number of piperidine rings is 1. The van der Waals surface area contributed by atoms with Crippen LogP contribution in [0.2, 0.25) is 0 Å². The van der Waals surface area contributed by atoms with E-state index in [1.807, 2.05) is 12.1 Å². The van der Waals surface area contributed by atoms with Gasteiger partial charge in [-0.1, -0.05) is 24.6 Å². The molecule has 1 aromatic carbocycles. The van der Waals surface area contributed by atoms with Crippen LogP contribution in [0.1, 0.15) is 24.8 Å². The van der Waals surface area contributed by atoms with Gasteiger partial charge in [0.05, 0.1) is 0 Å². The predicted octanol–water partition coefficient (Wildman–Crippen LogP) is 2.85. The van der Waals surface area contributed by atoms with E-state index in [0.717, 1.165) is 12.3 Å². The fourth-order valence-electron chi connectivity index (χ4n) is 2.30. The van der Waals surface area contributed by atoms with Crippen LogP contribution in [0.25, 0.3) is 0 Å². The average molecular weight is 307 g/mol. The third-order valence-electron chi connectivity index (χ3n) is 3.19. The summed E-state index contributed by atoms with van der Waals surface area (Å²) in [6.45, 7) is 4.59. The lowest BCUT2D eigenvalue weighted by molar-refractivity contribution is 0.216. The number of para-hydroxylation sites is 1. The van der Waals surface area contributed by atoms with E-state index in [-0.39, 0.29) is 24.8 Å². The first-order chi connectivity index (χ1) is 8.40. The first-order valence-corrected chi connectivity index (χ1v) is 6.53. The molecule has 1 saturated heterocycles. The molecule has 1 aliphatic heterocycles. The zero-order valence-corrected chi connectivity index (χ0v) is 12.8. The molecule has 0 saturated carbocycles. The van der Waals surface area contributed by atoms with Gasteiger partial charge in [-0.3, -0.25) is 4.90 Å². The highest BCUT2D eigenvalue weighted by molar-refractivity contribution is 5.85. The van der Waals surface area contributed by atoms with E-state index in [4.69, 9.17) is 10.5 Å². The van der Waals surface area contributed by atoms with Gasteiger partial charge in [-0.25, -0.2) is 0 Å². The minimum Gasteiger partial charge on any atom is -0.492 e. The summed E-state index contributed by atoms with van der Waals surface area (Å²) in [7, 11) is 0. The molecule has 1 fully saturated rings. The normalized spacial score (nSPS) is 15.2. The summed E-state index contributed by atoms with van der Waals surface area (Å²) in [5, 5.41) is 0. The van der Waals surface area contributed by atoms with Crippen LogP contribution < -0.4 is 10.5 Å². The first-order valence-electron chi connectivity index (χ1n) is 6.53. The minimum atomic E-state index is 0. The molecule has 0 bridgehead atoms. The lowest BCUT2D eigenvalue weighted by Gasteiger charge is -2.27. The summed E-state index contributed by atoms with van der Waals surface area (Å²) in [5.74, 6) is 0.989. The van der Waals surface area contributed by atoms with Crippen LogP contribution in [-0.2, 0) is 6.54 Å². The molecule has 0 atom stereocenters. The Bertz CT molecular complexity index is 344. The van der Waals surface area contributed by atoms with Crippen LogP contribution in [0.3, 0.4) is 0 Å². The van der Waals surface area contributed by atoms with Gasteiger partial charge in [-0.15, -0.1) is 24.8 Å². The molecule has 2 N–H and O–H groups in total. The number of rotatable bonds is 5. The molecule has 0 spiro atoms. The largest absolute Gasteiger partial charge is 0.492 e. The number of hydrogen-bond donors (Lipinski definition) is 1. The monoisotopic (exact) mass is 306 g/mol. The number of likely N-dealkylation sites (tertiary alicyclic amines) is 1. The molecule has 5 heteroatoms. The van der Waals surface area contributed by atoms with Gasteiger partial charge in [-0.2, -0.15) is 0 Å². The Morgan fingerprint density at radius 2 is 1.74 bits per heavy atom. The van der Waals surface area contributed by atoms with Crippen molar-refractivity contribution in [3.05, 3.63) is 29.8 Å². The van der Waals surface area contributed by atoms with Gasteiger partial charge < -0.3 is 10.5 Å².